The van der Waals surface area contributed by atoms with Crippen molar-refractivity contribution in [3.63, 3.8) is 0 Å². The molecule has 0 heterocycles. The van der Waals surface area contributed by atoms with Gasteiger partial charge in [0.25, 0.3) is 0 Å². The summed E-state index contributed by atoms with van der Waals surface area (Å²) in [6.07, 6.45) is 2.64. The molecule has 1 aliphatic carbocycles. The van der Waals surface area contributed by atoms with Crippen LogP contribution in [0.15, 0.2) is 0 Å². The van der Waals surface area contributed by atoms with Gasteiger partial charge in [0.05, 0.1) is 19.8 Å². The van der Waals surface area contributed by atoms with Crippen molar-refractivity contribution in [3.8, 4) is 0 Å². The van der Waals surface area contributed by atoms with E-state index in [0.29, 0.717) is 13.2 Å². The summed E-state index contributed by atoms with van der Waals surface area (Å²) in [6.45, 7) is 4.85. The molecule has 1 aliphatic rings. The van der Waals surface area contributed by atoms with E-state index in [0.717, 1.165) is 19.1 Å². The molecule has 3 N–H and O–H groups in total. The molecule has 0 aromatic rings. The molecule has 1 rings (SSSR count). The van der Waals surface area contributed by atoms with Crippen molar-refractivity contribution in [1.29, 1.82) is 0 Å². The van der Waals surface area contributed by atoms with E-state index < -0.39 is 5.41 Å². The second kappa shape index (κ2) is 6.43. The van der Waals surface area contributed by atoms with Crippen LogP contribution in [-0.4, -0.2) is 49.7 Å². The molecule has 0 amide bonds. The minimum absolute atomic E-state index is 0.000564. The van der Waals surface area contributed by atoms with Crippen LogP contribution in [0.1, 0.15) is 19.8 Å². The van der Waals surface area contributed by atoms with Crippen LogP contribution < -0.4 is 5.32 Å². The maximum Gasteiger partial charge on any atom is 0.0591 e. The molecular formula is C11H23NO3. The highest BCUT2D eigenvalue weighted by Gasteiger charge is 2.22. The van der Waals surface area contributed by atoms with E-state index in [-0.39, 0.29) is 13.2 Å². The molecule has 0 radical (unpaired) electrons. The van der Waals surface area contributed by atoms with Crippen LogP contribution in [0.4, 0.5) is 0 Å². The van der Waals surface area contributed by atoms with Gasteiger partial charge in [-0.15, -0.1) is 0 Å². The zero-order valence-corrected chi connectivity index (χ0v) is 9.54. The predicted molar refractivity (Wildman–Crippen MR) is 58.7 cm³/mol. The van der Waals surface area contributed by atoms with Crippen molar-refractivity contribution in [3.05, 3.63) is 0 Å². The van der Waals surface area contributed by atoms with Gasteiger partial charge in [-0.2, -0.15) is 0 Å². The van der Waals surface area contributed by atoms with Crippen molar-refractivity contribution < 1.29 is 14.9 Å². The number of nitrogens with one attached hydrogen (secondary N) is 1. The Morgan fingerprint density at radius 3 is 2.53 bits per heavy atom. The van der Waals surface area contributed by atoms with Crippen molar-refractivity contribution in [2.45, 2.75) is 19.8 Å². The zero-order valence-electron chi connectivity index (χ0n) is 9.54. The third kappa shape index (κ3) is 5.47. The highest BCUT2D eigenvalue weighted by atomic mass is 16.5. The van der Waals surface area contributed by atoms with Gasteiger partial charge in [0.1, 0.15) is 0 Å². The van der Waals surface area contributed by atoms with Crippen molar-refractivity contribution in [2.24, 2.45) is 11.3 Å². The van der Waals surface area contributed by atoms with Crippen molar-refractivity contribution in [2.75, 3.05) is 39.5 Å². The molecular weight excluding hydrogens is 194 g/mol. The van der Waals surface area contributed by atoms with Gasteiger partial charge in [-0.3, -0.25) is 0 Å². The van der Waals surface area contributed by atoms with Crippen LogP contribution in [0.5, 0.6) is 0 Å². The second-order valence-corrected chi connectivity index (χ2v) is 4.82. The highest BCUT2D eigenvalue weighted by molar-refractivity contribution is 4.75. The first kappa shape index (κ1) is 12.9. The summed E-state index contributed by atoms with van der Waals surface area (Å²) >= 11 is 0. The summed E-state index contributed by atoms with van der Waals surface area (Å²) in [4.78, 5) is 0. The van der Waals surface area contributed by atoms with Gasteiger partial charge in [0.2, 0.25) is 0 Å². The molecule has 1 fully saturated rings. The molecule has 0 aliphatic heterocycles. The Kier molecular flexibility index (Phi) is 5.53. The van der Waals surface area contributed by atoms with Gasteiger partial charge in [-0.1, -0.05) is 6.92 Å². The van der Waals surface area contributed by atoms with E-state index in [1.165, 1.54) is 12.8 Å². The van der Waals surface area contributed by atoms with Gasteiger partial charge in [0.15, 0.2) is 0 Å². The van der Waals surface area contributed by atoms with Crippen LogP contribution in [0.3, 0.4) is 0 Å². The summed E-state index contributed by atoms with van der Waals surface area (Å²) in [5.74, 6) is 0.810. The van der Waals surface area contributed by atoms with Crippen LogP contribution in [0.25, 0.3) is 0 Å². The molecule has 1 saturated carbocycles. The Morgan fingerprint density at radius 1 is 1.33 bits per heavy atom. The largest absolute Gasteiger partial charge is 0.396 e. The molecule has 4 heteroatoms. The van der Waals surface area contributed by atoms with Crippen LogP contribution >= 0.6 is 0 Å². The minimum atomic E-state index is -0.420. The first-order valence-corrected chi connectivity index (χ1v) is 5.70. The van der Waals surface area contributed by atoms with Gasteiger partial charge >= 0.3 is 0 Å². The highest BCUT2D eigenvalue weighted by Crippen LogP contribution is 2.28. The summed E-state index contributed by atoms with van der Waals surface area (Å²) in [7, 11) is 0. The van der Waals surface area contributed by atoms with Crippen molar-refractivity contribution in [1.82, 2.24) is 5.32 Å². The molecule has 0 aromatic heterocycles. The lowest BCUT2D eigenvalue weighted by Crippen LogP contribution is -2.39. The standard InChI is InChI=1S/C11H23NO3/c1-11(8-13,9-14)7-12-4-5-15-6-10-2-3-10/h10,12-14H,2-9H2,1H3. The molecule has 0 unspecified atom stereocenters. The maximum absolute atomic E-state index is 9.04. The SMILES string of the molecule is CC(CO)(CO)CNCCOCC1CC1. The normalized spacial score (nSPS) is 17.0. The second-order valence-electron chi connectivity index (χ2n) is 4.82. The molecule has 0 aromatic carbocycles. The lowest BCUT2D eigenvalue weighted by Gasteiger charge is -2.24. The molecule has 0 spiro atoms. The van der Waals surface area contributed by atoms with E-state index in [9.17, 15) is 0 Å². The summed E-state index contributed by atoms with van der Waals surface area (Å²) in [6, 6.07) is 0. The van der Waals surface area contributed by atoms with Crippen LogP contribution in [0, 0.1) is 11.3 Å². The first-order valence-electron chi connectivity index (χ1n) is 5.70. The smallest absolute Gasteiger partial charge is 0.0591 e. The average molecular weight is 217 g/mol. The monoisotopic (exact) mass is 217 g/mol. The predicted octanol–water partition coefficient (Wildman–Crippen LogP) is -0.00650. The van der Waals surface area contributed by atoms with E-state index in [1.54, 1.807) is 0 Å². The Bertz CT molecular complexity index is 167. The minimum Gasteiger partial charge on any atom is -0.396 e. The Morgan fingerprint density at radius 2 is 2.00 bits per heavy atom. The number of ether oxygens (including phenoxy) is 1. The fourth-order valence-electron chi connectivity index (χ4n) is 1.23. The molecule has 0 atom stereocenters. The van der Waals surface area contributed by atoms with E-state index in [2.05, 4.69) is 5.32 Å². The van der Waals surface area contributed by atoms with Crippen molar-refractivity contribution >= 4 is 0 Å². The molecule has 4 nitrogen and oxygen atoms in total. The Labute approximate surface area is 91.6 Å². The molecule has 0 saturated heterocycles. The summed E-state index contributed by atoms with van der Waals surface area (Å²) < 4.78 is 5.45. The van der Waals surface area contributed by atoms with E-state index in [1.807, 2.05) is 6.92 Å². The van der Waals surface area contributed by atoms with Gasteiger partial charge in [-0.25, -0.2) is 0 Å². The molecule has 0 bridgehead atoms. The first-order chi connectivity index (χ1) is 7.20. The summed E-state index contributed by atoms with van der Waals surface area (Å²) in [5, 5.41) is 21.3. The van der Waals surface area contributed by atoms with Gasteiger partial charge in [0, 0.05) is 25.1 Å². The third-order valence-electron chi connectivity index (χ3n) is 2.79. The van der Waals surface area contributed by atoms with E-state index in [4.69, 9.17) is 14.9 Å². The number of aliphatic hydroxyl groups excluding tert-OH is 2. The number of aliphatic hydroxyl groups is 2. The fourth-order valence-corrected chi connectivity index (χ4v) is 1.23. The quantitative estimate of drug-likeness (QED) is 0.476. The molecule has 90 valence electrons. The number of hydrogen-bond donors (Lipinski definition) is 3. The van der Waals surface area contributed by atoms with Gasteiger partial charge < -0.3 is 20.3 Å². The lowest BCUT2D eigenvalue weighted by atomic mass is 9.93. The topological polar surface area (TPSA) is 61.7 Å². The number of hydrogen-bond acceptors (Lipinski definition) is 4. The Hall–Kier alpha value is -0.160. The Balaban J connectivity index is 1.90. The maximum atomic E-state index is 9.04. The fraction of sp³-hybridized carbons (Fsp3) is 1.00. The van der Waals surface area contributed by atoms with Gasteiger partial charge in [-0.05, 0) is 18.8 Å². The number of rotatable bonds is 9. The zero-order chi connectivity index (χ0) is 11.1. The van der Waals surface area contributed by atoms with Crippen LogP contribution in [-0.2, 0) is 4.74 Å². The van der Waals surface area contributed by atoms with E-state index >= 15 is 0 Å². The van der Waals surface area contributed by atoms with Crippen LogP contribution in [0.2, 0.25) is 0 Å². The lowest BCUT2D eigenvalue weighted by molar-refractivity contribution is 0.0656. The molecule has 15 heavy (non-hydrogen) atoms. The summed E-state index contributed by atoms with van der Waals surface area (Å²) in [5.41, 5.74) is -0.420. The average Bonchev–Trinajstić information content (AvgIpc) is 3.06. The third-order valence-corrected chi connectivity index (χ3v) is 2.79.